The van der Waals surface area contributed by atoms with Crippen LogP contribution < -0.4 is 25.6 Å². The smallest absolute Gasteiger partial charge is 0.422 e. The van der Waals surface area contributed by atoms with Crippen molar-refractivity contribution in [3.8, 4) is 5.75 Å². The SMILES string of the molecule is COc1ccc(C[C@H](NC(=O)c2ccc(NC(=O)O)cc2)C(=O)N2C(=O)O[C@]3(CCCNC3)c3c2ccc(Cl)c3F)nc1. The molecule has 12 nitrogen and oxygen atoms in total. The van der Waals surface area contributed by atoms with Crippen molar-refractivity contribution >= 4 is 47.0 Å². The number of aromatic nitrogens is 1. The van der Waals surface area contributed by atoms with Crippen LogP contribution in [-0.2, 0) is 21.6 Å². The molecule has 1 spiro atoms. The topological polar surface area (TPSA) is 159 Å². The molecular weight excluding hydrogens is 585 g/mol. The molecule has 1 saturated heterocycles. The van der Waals surface area contributed by atoms with Gasteiger partial charge in [0.2, 0.25) is 0 Å². The number of imide groups is 1. The predicted octanol–water partition coefficient (Wildman–Crippen LogP) is 4.08. The number of hydrogen-bond acceptors (Lipinski definition) is 8. The quantitative estimate of drug-likeness (QED) is 0.309. The van der Waals surface area contributed by atoms with Crippen LogP contribution in [0.4, 0.5) is 25.4 Å². The number of carbonyl (C=O) groups is 4. The summed E-state index contributed by atoms with van der Waals surface area (Å²) < 4.78 is 26.5. The fourth-order valence-corrected chi connectivity index (χ4v) is 5.35. The first-order valence-electron chi connectivity index (χ1n) is 13.3. The van der Waals surface area contributed by atoms with E-state index >= 15 is 4.39 Å². The molecule has 2 aliphatic rings. The summed E-state index contributed by atoms with van der Waals surface area (Å²) in [4.78, 5) is 56.8. The highest BCUT2D eigenvalue weighted by molar-refractivity contribution is 6.31. The second kappa shape index (κ2) is 12.2. The van der Waals surface area contributed by atoms with Gasteiger partial charge in [-0.25, -0.2) is 18.9 Å². The Labute approximate surface area is 250 Å². The number of carboxylic acid groups (broad SMARTS) is 1. The minimum absolute atomic E-state index is 0.0191. The van der Waals surface area contributed by atoms with Gasteiger partial charge in [0.1, 0.15) is 11.8 Å². The number of nitrogens with one attached hydrogen (secondary N) is 3. The third-order valence-electron chi connectivity index (χ3n) is 7.25. The van der Waals surface area contributed by atoms with E-state index in [1.54, 1.807) is 12.1 Å². The molecule has 2 aromatic carbocycles. The zero-order valence-electron chi connectivity index (χ0n) is 22.9. The fraction of sp³-hybridized carbons (Fsp3) is 0.276. The molecule has 0 unspecified atom stereocenters. The van der Waals surface area contributed by atoms with E-state index in [-0.39, 0.29) is 40.5 Å². The third kappa shape index (κ3) is 6.08. The number of ether oxygens (including phenoxy) is 2. The lowest BCUT2D eigenvalue weighted by molar-refractivity contribution is -0.121. The van der Waals surface area contributed by atoms with Crippen LogP contribution in [0.15, 0.2) is 54.7 Å². The van der Waals surface area contributed by atoms with Crippen molar-refractivity contribution in [1.29, 1.82) is 0 Å². The molecule has 5 rings (SSSR count). The molecule has 4 N–H and O–H groups in total. The fourth-order valence-electron chi connectivity index (χ4n) is 5.20. The van der Waals surface area contributed by atoms with Gasteiger partial charge in [0.25, 0.3) is 11.8 Å². The number of carbonyl (C=O) groups excluding carboxylic acids is 3. The molecule has 14 heteroatoms. The predicted molar refractivity (Wildman–Crippen MR) is 153 cm³/mol. The normalized spacial score (nSPS) is 18.3. The van der Waals surface area contributed by atoms with E-state index in [1.165, 1.54) is 49.7 Å². The van der Waals surface area contributed by atoms with Gasteiger partial charge in [0.05, 0.1) is 29.6 Å². The first kappa shape index (κ1) is 29.7. The number of nitrogens with zero attached hydrogens (tertiary/aromatic N) is 2. The Bertz CT molecular complexity index is 1560. The number of pyridine rings is 1. The number of anilines is 2. The average Bonchev–Trinajstić information content (AvgIpc) is 2.99. The molecule has 0 radical (unpaired) electrons. The average molecular weight is 612 g/mol. The molecule has 3 heterocycles. The number of piperidine rings is 1. The van der Waals surface area contributed by atoms with Crippen LogP contribution in [0, 0.1) is 5.82 Å². The Morgan fingerprint density at radius 2 is 1.98 bits per heavy atom. The van der Waals surface area contributed by atoms with E-state index in [9.17, 15) is 19.2 Å². The van der Waals surface area contributed by atoms with Crippen molar-refractivity contribution < 1.29 is 38.1 Å². The number of methoxy groups -OCH3 is 1. The Hall–Kier alpha value is -4.75. The van der Waals surface area contributed by atoms with Gasteiger partial charge in [-0.1, -0.05) is 11.6 Å². The van der Waals surface area contributed by atoms with Gasteiger partial charge in [-0.15, -0.1) is 0 Å². The van der Waals surface area contributed by atoms with Gasteiger partial charge in [-0.2, -0.15) is 0 Å². The lowest BCUT2D eigenvalue weighted by Crippen LogP contribution is -2.58. The van der Waals surface area contributed by atoms with E-state index in [1.807, 2.05) is 0 Å². The van der Waals surface area contributed by atoms with Crippen molar-refractivity contribution in [3.63, 3.8) is 0 Å². The lowest BCUT2D eigenvalue weighted by Gasteiger charge is -2.44. The molecule has 3 aromatic rings. The first-order chi connectivity index (χ1) is 20.6. The van der Waals surface area contributed by atoms with Gasteiger partial charge >= 0.3 is 12.2 Å². The number of hydrogen-bond donors (Lipinski definition) is 4. The van der Waals surface area contributed by atoms with Crippen molar-refractivity contribution in [3.05, 3.63) is 82.4 Å². The second-order valence-electron chi connectivity index (χ2n) is 10.00. The van der Waals surface area contributed by atoms with Gasteiger partial charge in [0, 0.05) is 29.9 Å². The molecule has 0 bridgehead atoms. The zero-order chi connectivity index (χ0) is 30.7. The van der Waals surface area contributed by atoms with E-state index in [0.29, 0.717) is 35.7 Å². The monoisotopic (exact) mass is 611 g/mol. The number of halogens is 2. The van der Waals surface area contributed by atoms with E-state index < -0.39 is 41.5 Å². The van der Waals surface area contributed by atoms with Crippen LogP contribution in [-0.4, -0.2) is 60.3 Å². The third-order valence-corrected chi connectivity index (χ3v) is 7.54. The molecule has 43 heavy (non-hydrogen) atoms. The van der Waals surface area contributed by atoms with Gasteiger partial charge < -0.3 is 25.2 Å². The van der Waals surface area contributed by atoms with Crippen LogP contribution in [0.5, 0.6) is 5.75 Å². The highest BCUT2D eigenvalue weighted by atomic mass is 35.5. The van der Waals surface area contributed by atoms with Crippen molar-refractivity contribution in [1.82, 2.24) is 15.6 Å². The molecule has 0 saturated carbocycles. The van der Waals surface area contributed by atoms with Crippen LogP contribution >= 0.6 is 11.6 Å². The maximum Gasteiger partial charge on any atom is 0.422 e. The van der Waals surface area contributed by atoms with Crippen molar-refractivity contribution in [2.24, 2.45) is 0 Å². The Balaban J connectivity index is 1.50. The molecule has 1 aromatic heterocycles. The summed E-state index contributed by atoms with van der Waals surface area (Å²) in [6, 6.07) is 10.0. The van der Waals surface area contributed by atoms with Crippen LogP contribution in [0.1, 0.15) is 34.5 Å². The summed E-state index contributed by atoms with van der Waals surface area (Å²) in [5, 5.41) is 16.6. The summed E-state index contributed by atoms with van der Waals surface area (Å²) >= 11 is 6.13. The minimum Gasteiger partial charge on any atom is -0.495 e. The largest absolute Gasteiger partial charge is 0.495 e. The van der Waals surface area contributed by atoms with Crippen LogP contribution in [0.25, 0.3) is 0 Å². The van der Waals surface area contributed by atoms with E-state index in [4.69, 9.17) is 26.2 Å². The maximum absolute atomic E-state index is 15.6. The molecule has 2 aliphatic heterocycles. The highest BCUT2D eigenvalue weighted by Gasteiger charge is 2.50. The number of rotatable bonds is 7. The number of amides is 4. The van der Waals surface area contributed by atoms with Gasteiger partial charge in [-0.3, -0.25) is 19.9 Å². The first-order valence-corrected chi connectivity index (χ1v) is 13.7. The molecule has 224 valence electrons. The summed E-state index contributed by atoms with van der Waals surface area (Å²) in [5.41, 5.74) is -0.673. The van der Waals surface area contributed by atoms with Crippen LogP contribution in [0.2, 0.25) is 5.02 Å². The summed E-state index contributed by atoms with van der Waals surface area (Å²) in [7, 11) is 1.47. The summed E-state index contributed by atoms with van der Waals surface area (Å²) in [5.74, 6) is -1.91. The standard InChI is InChI=1S/C29H27ClFN5O7/c1-42-19-8-7-18(33-14-19)13-21(35-25(37)16-3-5-17(6-4-16)34-27(39)40)26(38)36-22-10-9-20(30)24(31)23(22)29(43-28(36)41)11-2-12-32-15-29/h3-10,14,21,32,34H,2,11-13,15H2,1H3,(H,35,37)(H,39,40)/t21-,29-/m0/s1. The van der Waals surface area contributed by atoms with E-state index in [0.717, 1.165) is 0 Å². The van der Waals surface area contributed by atoms with Gasteiger partial charge in [0.15, 0.2) is 11.4 Å². The summed E-state index contributed by atoms with van der Waals surface area (Å²) in [6.45, 7) is 0.781. The Morgan fingerprint density at radius 1 is 1.21 bits per heavy atom. The number of benzene rings is 2. The molecular formula is C29H27ClFN5O7. The summed E-state index contributed by atoms with van der Waals surface area (Å²) in [6.07, 6.45) is -0.0828. The van der Waals surface area contributed by atoms with Crippen LogP contribution in [0.3, 0.4) is 0 Å². The maximum atomic E-state index is 15.6. The zero-order valence-corrected chi connectivity index (χ0v) is 23.6. The molecule has 2 atom stereocenters. The highest BCUT2D eigenvalue weighted by Crippen LogP contribution is 2.46. The molecule has 0 aliphatic carbocycles. The number of fused-ring (bicyclic) bond motifs is 2. The lowest BCUT2D eigenvalue weighted by atomic mass is 9.83. The van der Waals surface area contributed by atoms with E-state index in [2.05, 4.69) is 20.9 Å². The second-order valence-corrected chi connectivity index (χ2v) is 10.4. The van der Waals surface area contributed by atoms with Crippen molar-refractivity contribution in [2.45, 2.75) is 30.9 Å². The Kier molecular flexibility index (Phi) is 8.46. The minimum atomic E-state index is -1.36. The van der Waals surface area contributed by atoms with Crippen molar-refractivity contribution in [2.75, 3.05) is 30.4 Å². The molecule has 4 amide bonds. The Morgan fingerprint density at radius 3 is 2.60 bits per heavy atom. The molecule has 1 fully saturated rings. The van der Waals surface area contributed by atoms with Gasteiger partial charge in [-0.05, 0) is 67.9 Å².